The number of carbonyl (C=O) groups is 1. The fourth-order valence-electron chi connectivity index (χ4n) is 2.54. The van der Waals surface area contributed by atoms with Crippen LogP contribution in [0.1, 0.15) is 16.1 Å². The van der Waals surface area contributed by atoms with Crippen LogP contribution >= 0.6 is 11.8 Å². The second-order valence-corrected chi connectivity index (χ2v) is 6.11. The minimum Gasteiger partial charge on any atom is -0.464 e. The number of nitrogens with zero attached hydrogens (tertiary/aromatic N) is 2. The number of carbonyl (C=O) groups excluding carboxylic acids is 1. The molecule has 3 aromatic rings. The summed E-state index contributed by atoms with van der Waals surface area (Å²) < 4.78 is 4.86. The molecule has 1 heterocycles. The van der Waals surface area contributed by atoms with Crippen molar-refractivity contribution in [2.45, 2.75) is 4.90 Å². The molecule has 0 radical (unpaired) electrons. The van der Waals surface area contributed by atoms with Gasteiger partial charge >= 0.3 is 5.97 Å². The molecule has 0 bridgehead atoms. The molecule has 5 nitrogen and oxygen atoms in total. The summed E-state index contributed by atoms with van der Waals surface area (Å²) in [5, 5.41) is 16.1. The Kier molecular flexibility index (Phi) is 4.87. The highest BCUT2D eigenvalue weighted by molar-refractivity contribution is 7.98. The Morgan fingerprint density at radius 2 is 1.76 bits per heavy atom. The first kappa shape index (κ1) is 16.8. The minimum atomic E-state index is -0.487. The second-order valence-electron chi connectivity index (χ2n) is 5.23. The predicted molar refractivity (Wildman–Crippen MR) is 97.3 cm³/mol. The number of nitrogens with one attached hydrogen (secondary N) is 1. The van der Waals surface area contributed by atoms with Crippen molar-refractivity contribution in [1.82, 2.24) is 10.2 Å². The van der Waals surface area contributed by atoms with Crippen molar-refractivity contribution < 1.29 is 9.53 Å². The lowest BCUT2D eigenvalue weighted by molar-refractivity contribution is 0.0595. The topological polar surface area (TPSA) is 78.8 Å². The fraction of sp³-hybridized carbons (Fsp3) is 0.105. The van der Waals surface area contributed by atoms with E-state index in [2.05, 4.69) is 16.3 Å². The molecule has 1 N–H and O–H groups in total. The Bertz CT molecular complexity index is 938. The van der Waals surface area contributed by atoms with Crippen LogP contribution in [0.2, 0.25) is 0 Å². The molecule has 0 aliphatic rings. The SMILES string of the molecule is COC(=O)c1[nH]nc(-c2ccc(SC)cc2)c1-c1ccc(C#N)cc1. The molecule has 0 amide bonds. The average molecular weight is 349 g/mol. The fourth-order valence-corrected chi connectivity index (χ4v) is 2.95. The highest BCUT2D eigenvalue weighted by Gasteiger charge is 2.22. The van der Waals surface area contributed by atoms with E-state index >= 15 is 0 Å². The number of ether oxygens (including phenoxy) is 1. The van der Waals surface area contributed by atoms with E-state index in [1.807, 2.05) is 30.5 Å². The molecule has 0 saturated heterocycles. The average Bonchev–Trinajstić information content (AvgIpc) is 3.12. The number of hydrogen-bond acceptors (Lipinski definition) is 5. The third-order valence-electron chi connectivity index (χ3n) is 3.82. The van der Waals surface area contributed by atoms with Crippen LogP contribution in [0.25, 0.3) is 22.4 Å². The molecule has 0 saturated carbocycles. The molecule has 2 aromatic carbocycles. The first-order valence-corrected chi connectivity index (χ1v) is 8.72. The Labute approximate surface area is 149 Å². The van der Waals surface area contributed by atoms with Crippen LogP contribution in [0.3, 0.4) is 0 Å². The number of methoxy groups -OCH3 is 1. The van der Waals surface area contributed by atoms with Crippen molar-refractivity contribution >= 4 is 17.7 Å². The molecular formula is C19H15N3O2S. The van der Waals surface area contributed by atoms with E-state index in [4.69, 9.17) is 10.00 Å². The maximum atomic E-state index is 12.1. The van der Waals surface area contributed by atoms with Gasteiger partial charge in [-0.05, 0) is 36.1 Å². The number of nitriles is 1. The molecule has 6 heteroatoms. The largest absolute Gasteiger partial charge is 0.464 e. The van der Waals surface area contributed by atoms with E-state index in [1.165, 1.54) is 7.11 Å². The maximum absolute atomic E-state index is 12.1. The normalized spacial score (nSPS) is 10.3. The van der Waals surface area contributed by atoms with Crippen LogP contribution in [0.15, 0.2) is 53.4 Å². The summed E-state index contributed by atoms with van der Waals surface area (Å²) in [7, 11) is 1.33. The van der Waals surface area contributed by atoms with Crippen LogP contribution in [0.5, 0.6) is 0 Å². The highest BCUT2D eigenvalue weighted by atomic mass is 32.2. The van der Waals surface area contributed by atoms with E-state index < -0.39 is 5.97 Å². The van der Waals surface area contributed by atoms with Gasteiger partial charge in [0.25, 0.3) is 0 Å². The molecule has 0 spiro atoms. The van der Waals surface area contributed by atoms with Crippen molar-refractivity contribution in [2.75, 3.05) is 13.4 Å². The van der Waals surface area contributed by atoms with Gasteiger partial charge in [0.05, 0.1) is 18.7 Å². The molecule has 1 aromatic heterocycles. The standard InChI is InChI=1S/C19H15N3O2S/c1-24-19(23)18-16(13-5-3-12(11-20)4-6-13)17(21-22-18)14-7-9-15(25-2)10-8-14/h3-10H,1-2H3,(H,21,22). The third-order valence-corrected chi connectivity index (χ3v) is 4.57. The van der Waals surface area contributed by atoms with E-state index in [9.17, 15) is 4.79 Å². The number of H-pyrrole nitrogens is 1. The number of esters is 1. The molecular weight excluding hydrogens is 334 g/mol. The molecule has 0 unspecified atom stereocenters. The Morgan fingerprint density at radius 3 is 2.32 bits per heavy atom. The van der Waals surface area contributed by atoms with Crippen molar-refractivity contribution in [3.8, 4) is 28.5 Å². The van der Waals surface area contributed by atoms with Gasteiger partial charge in [-0.25, -0.2) is 4.79 Å². The van der Waals surface area contributed by atoms with E-state index in [1.54, 1.807) is 36.0 Å². The molecule has 124 valence electrons. The summed E-state index contributed by atoms with van der Waals surface area (Å²) in [6.45, 7) is 0. The van der Waals surface area contributed by atoms with Crippen molar-refractivity contribution in [1.29, 1.82) is 5.26 Å². The van der Waals surface area contributed by atoms with E-state index in [-0.39, 0.29) is 5.69 Å². The summed E-state index contributed by atoms with van der Waals surface area (Å²) >= 11 is 1.66. The quantitative estimate of drug-likeness (QED) is 0.566. The summed E-state index contributed by atoms with van der Waals surface area (Å²) in [5.74, 6) is -0.487. The summed E-state index contributed by atoms with van der Waals surface area (Å²) in [5.41, 5.74) is 3.85. The van der Waals surface area contributed by atoms with Crippen molar-refractivity contribution in [3.63, 3.8) is 0 Å². The molecule has 0 aliphatic heterocycles. The number of aromatic nitrogens is 2. The number of hydrogen-bond donors (Lipinski definition) is 1. The third kappa shape index (κ3) is 3.28. The molecule has 0 aliphatic carbocycles. The first-order chi connectivity index (χ1) is 12.2. The van der Waals surface area contributed by atoms with Gasteiger partial charge in [-0.1, -0.05) is 24.3 Å². The Hall–Kier alpha value is -3.04. The van der Waals surface area contributed by atoms with Crippen LogP contribution in [0, 0.1) is 11.3 Å². The van der Waals surface area contributed by atoms with Gasteiger partial charge in [0.1, 0.15) is 5.69 Å². The molecule has 0 atom stereocenters. The van der Waals surface area contributed by atoms with Gasteiger partial charge in [0.2, 0.25) is 0 Å². The summed E-state index contributed by atoms with van der Waals surface area (Å²) in [6, 6.07) is 17.1. The number of thioether (sulfide) groups is 1. The van der Waals surface area contributed by atoms with Gasteiger partial charge < -0.3 is 4.74 Å². The van der Waals surface area contributed by atoms with Gasteiger partial charge in [-0.15, -0.1) is 11.8 Å². The van der Waals surface area contributed by atoms with E-state index in [0.717, 1.165) is 16.0 Å². The zero-order chi connectivity index (χ0) is 17.8. The second kappa shape index (κ2) is 7.24. The number of aromatic amines is 1. The predicted octanol–water partition coefficient (Wildman–Crippen LogP) is 4.12. The lowest BCUT2D eigenvalue weighted by atomic mass is 9.98. The minimum absolute atomic E-state index is 0.288. The van der Waals surface area contributed by atoms with Crippen molar-refractivity contribution in [3.05, 3.63) is 59.8 Å². The monoisotopic (exact) mass is 349 g/mol. The molecule has 0 fully saturated rings. The highest BCUT2D eigenvalue weighted by Crippen LogP contribution is 2.34. The Balaban J connectivity index is 2.16. The van der Waals surface area contributed by atoms with Crippen molar-refractivity contribution in [2.24, 2.45) is 0 Å². The van der Waals surface area contributed by atoms with Gasteiger partial charge in [-0.3, -0.25) is 5.10 Å². The van der Waals surface area contributed by atoms with E-state index in [0.29, 0.717) is 16.8 Å². The maximum Gasteiger partial charge on any atom is 0.356 e. The molecule has 3 rings (SSSR count). The summed E-state index contributed by atoms with van der Waals surface area (Å²) in [4.78, 5) is 13.3. The lowest BCUT2D eigenvalue weighted by Gasteiger charge is -2.06. The zero-order valence-corrected chi connectivity index (χ0v) is 14.6. The zero-order valence-electron chi connectivity index (χ0n) is 13.7. The van der Waals surface area contributed by atoms with Gasteiger partial charge in [0.15, 0.2) is 5.69 Å². The van der Waals surface area contributed by atoms with Crippen LogP contribution in [-0.4, -0.2) is 29.5 Å². The number of benzene rings is 2. The van der Waals surface area contributed by atoms with Gasteiger partial charge in [-0.2, -0.15) is 10.4 Å². The van der Waals surface area contributed by atoms with Crippen LogP contribution < -0.4 is 0 Å². The van der Waals surface area contributed by atoms with Crippen LogP contribution in [-0.2, 0) is 4.74 Å². The Morgan fingerprint density at radius 1 is 1.12 bits per heavy atom. The number of rotatable bonds is 4. The van der Waals surface area contributed by atoms with Crippen LogP contribution in [0.4, 0.5) is 0 Å². The van der Waals surface area contributed by atoms with Gasteiger partial charge in [0, 0.05) is 16.0 Å². The summed E-state index contributed by atoms with van der Waals surface area (Å²) in [6.07, 6.45) is 2.01. The first-order valence-electron chi connectivity index (χ1n) is 7.49. The smallest absolute Gasteiger partial charge is 0.356 e. The lowest BCUT2D eigenvalue weighted by Crippen LogP contribution is -2.03. The molecule has 25 heavy (non-hydrogen) atoms.